The second-order valence-electron chi connectivity index (χ2n) is 11.3. The number of ketones is 1. The fourth-order valence-electron chi connectivity index (χ4n) is 6.88. The molecule has 43 heavy (non-hydrogen) atoms. The maximum Gasteiger partial charge on any atom is 0.292 e. The lowest BCUT2D eigenvalue weighted by Gasteiger charge is -2.38. The van der Waals surface area contributed by atoms with Crippen molar-refractivity contribution < 1.29 is 9.59 Å². The number of hydrogen-bond acceptors (Lipinski definition) is 9. The molecule has 2 bridgehead atoms. The number of aromatic amines is 2. The number of fused-ring (bicyclic) bond motifs is 4. The normalized spacial score (nSPS) is 19.8. The van der Waals surface area contributed by atoms with Crippen LogP contribution < -0.4 is 5.73 Å². The minimum Gasteiger partial charge on any atom is -0.383 e. The standard InChI is InChI=1S/C30H27N11O2/c1-15(42)25-26(18-8-19-4-5-20(9-18)40(19)30(43)28-35-14-36-39-28)38-29-21(12-37-41(29)27(25)31)17-3-6-22(32-11-17)16-2-7-23-24(10-16)34-13-33-23/h2-3,6-7,10-14,18-20H,4-5,8-9,31H2,1H3,(H,33,34)(H,35,36,39)/t18-,19-,20+. The summed E-state index contributed by atoms with van der Waals surface area (Å²) in [6.45, 7) is 1.51. The van der Waals surface area contributed by atoms with E-state index in [2.05, 4.69) is 30.2 Å². The third-order valence-corrected chi connectivity index (χ3v) is 8.83. The Bertz CT molecular complexity index is 2010. The number of nitrogens with two attached hydrogens (primary N) is 1. The highest BCUT2D eigenvalue weighted by Crippen LogP contribution is 2.45. The van der Waals surface area contributed by atoms with E-state index in [0.717, 1.165) is 46.3 Å². The predicted molar refractivity (Wildman–Crippen MR) is 157 cm³/mol. The molecule has 7 heterocycles. The molecule has 4 N–H and O–H groups in total. The highest BCUT2D eigenvalue weighted by molar-refractivity contribution is 6.00. The number of aromatic nitrogens is 9. The number of amides is 1. The van der Waals surface area contributed by atoms with Gasteiger partial charge in [0.15, 0.2) is 11.4 Å². The molecule has 1 amide bonds. The smallest absolute Gasteiger partial charge is 0.292 e. The Morgan fingerprint density at radius 3 is 2.51 bits per heavy atom. The van der Waals surface area contributed by atoms with Crippen LogP contribution in [0.15, 0.2) is 55.4 Å². The van der Waals surface area contributed by atoms with Gasteiger partial charge in [0.1, 0.15) is 12.1 Å². The van der Waals surface area contributed by atoms with E-state index < -0.39 is 0 Å². The summed E-state index contributed by atoms with van der Waals surface area (Å²) in [5.41, 5.74) is 13.5. The van der Waals surface area contributed by atoms with Crippen LogP contribution in [-0.2, 0) is 0 Å². The summed E-state index contributed by atoms with van der Waals surface area (Å²) in [7, 11) is 0. The minimum absolute atomic E-state index is 0.0162. The summed E-state index contributed by atoms with van der Waals surface area (Å²) in [5, 5.41) is 12.2. The maximum absolute atomic E-state index is 13.2. The zero-order chi connectivity index (χ0) is 29.2. The summed E-state index contributed by atoms with van der Waals surface area (Å²) in [6.07, 6.45) is 9.73. The summed E-state index contributed by atoms with van der Waals surface area (Å²) < 4.78 is 1.53. The summed E-state index contributed by atoms with van der Waals surface area (Å²) in [4.78, 5) is 48.1. The Morgan fingerprint density at radius 1 is 0.977 bits per heavy atom. The van der Waals surface area contributed by atoms with E-state index in [-0.39, 0.29) is 41.3 Å². The van der Waals surface area contributed by atoms with Gasteiger partial charge in [-0.05, 0) is 50.8 Å². The molecule has 13 nitrogen and oxygen atoms in total. The number of carbonyl (C=O) groups excluding carboxylic acids is 2. The Hall–Kier alpha value is -5.46. The van der Waals surface area contributed by atoms with Gasteiger partial charge in [-0.1, -0.05) is 12.1 Å². The first-order valence-corrected chi connectivity index (χ1v) is 14.2. The number of H-pyrrole nitrogens is 2. The Morgan fingerprint density at radius 2 is 1.79 bits per heavy atom. The van der Waals surface area contributed by atoms with Crippen molar-refractivity contribution >= 4 is 34.2 Å². The fourth-order valence-corrected chi connectivity index (χ4v) is 6.88. The van der Waals surface area contributed by atoms with E-state index in [4.69, 9.17) is 15.7 Å². The topological polar surface area (TPSA) is 177 Å². The first-order valence-electron chi connectivity index (χ1n) is 14.2. The van der Waals surface area contributed by atoms with E-state index in [0.29, 0.717) is 29.7 Å². The van der Waals surface area contributed by atoms with Crippen molar-refractivity contribution in [2.45, 2.75) is 50.6 Å². The van der Waals surface area contributed by atoms with Crippen LogP contribution >= 0.6 is 0 Å². The Kier molecular flexibility index (Phi) is 5.61. The number of hydrogen-bond donors (Lipinski definition) is 3. The van der Waals surface area contributed by atoms with Crippen LogP contribution in [0.3, 0.4) is 0 Å². The molecule has 5 aromatic heterocycles. The number of anilines is 1. The molecule has 0 aliphatic carbocycles. The molecule has 0 saturated carbocycles. The molecule has 214 valence electrons. The van der Waals surface area contributed by atoms with E-state index in [1.165, 1.54) is 17.8 Å². The lowest BCUT2D eigenvalue weighted by Crippen LogP contribution is -2.46. The van der Waals surface area contributed by atoms with Crippen molar-refractivity contribution in [2.75, 3.05) is 5.73 Å². The average molecular weight is 574 g/mol. The Balaban J connectivity index is 1.15. The highest BCUT2D eigenvalue weighted by atomic mass is 16.2. The zero-order valence-electron chi connectivity index (χ0n) is 23.2. The van der Waals surface area contributed by atoms with Crippen LogP contribution in [0.5, 0.6) is 0 Å². The number of nitrogen functional groups attached to an aromatic ring is 1. The number of Topliss-reactive ketones (excluding diaryl/α,β-unsaturated/α-hetero) is 1. The van der Waals surface area contributed by atoms with Gasteiger partial charge in [0.2, 0.25) is 5.82 Å². The van der Waals surface area contributed by atoms with Crippen molar-refractivity contribution in [3.8, 4) is 22.4 Å². The third-order valence-electron chi connectivity index (χ3n) is 8.83. The lowest BCUT2D eigenvalue weighted by molar-refractivity contribution is 0.0556. The molecule has 0 unspecified atom stereocenters. The van der Waals surface area contributed by atoms with Crippen molar-refractivity contribution in [1.29, 1.82) is 0 Å². The van der Waals surface area contributed by atoms with Crippen molar-refractivity contribution in [3.63, 3.8) is 0 Å². The molecule has 0 radical (unpaired) electrons. The van der Waals surface area contributed by atoms with Crippen LogP contribution in [-0.4, -0.2) is 73.4 Å². The molecule has 0 spiro atoms. The van der Waals surface area contributed by atoms with Crippen molar-refractivity contribution in [2.24, 2.45) is 0 Å². The maximum atomic E-state index is 13.2. The Labute approximate surface area is 244 Å². The number of piperidine rings is 1. The molecule has 2 aliphatic heterocycles. The van der Waals surface area contributed by atoms with E-state index in [9.17, 15) is 9.59 Å². The number of imidazole rings is 1. The number of nitrogens with zero attached hydrogens (tertiary/aromatic N) is 8. The summed E-state index contributed by atoms with van der Waals surface area (Å²) >= 11 is 0. The first-order chi connectivity index (χ1) is 21.0. The molecule has 6 aromatic rings. The third kappa shape index (κ3) is 3.99. The molecule has 1 aromatic carbocycles. The van der Waals surface area contributed by atoms with Gasteiger partial charge in [-0.2, -0.15) is 9.61 Å². The lowest BCUT2D eigenvalue weighted by atomic mass is 9.85. The van der Waals surface area contributed by atoms with Gasteiger partial charge in [0.05, 0.1) is 40.5 Å². The molecular formula is C30H27N11O2. The van der Waals surface area contributed by atoms with E-state index in [1.54, 1.807) is 18.7 Å². The van der Waals surface area contributed by atoms with Crippen LogP contribution in [0, 0.1) is 0 Å². The van der Waals surface area contributed by atoms with Crippen LogP contribution in [0.1, 0.15) is 65.2 Å². The zero-order valence-corrected chi connectivity index (χ0v) is 23.2. The van der Waals surface area contributed by atoms with Gasteiger partial charge in [0.25, 0.3) is 5.91 Å². The first kappa shape index (κ1) is 25.3. The van der Waals surface area contributed by atoms with Crippen LogP contribution in [0.25, 0.3) is 39.1 Å². The van der Waals surface area contributed by atoms with E-state index in [1.807, 2.05) is 35.2 Å². The molecule has 2 fully saturated rings. The quantitative estimate of drug-likeness (QED) is 0.259. The van der Waals surface area contributed by atoms with Crippen molar-refractivity contribution in [3.05, 3.63) is 72.5 Å². The molecular weight excluding hydrogens is 546 g/mol. The number of nitrogens with one attached hydrogen (secondary N) is 2. The van der Waals surface area contributed by atoms with Crippen LogP contribution in [0.4, 0.5) is 5.82 Å². The number of carbonyl (C=O) groups is 2. The molecule has 2 saturated heterocycles. The number of pyridine rings is 1. The second-order valence-corrected chi connectivity index (χ2v) is 11.3. The van der Waals surface area contributed by atoms with Gasteiger partial charge in [-0.25, -0.2) is 9.97 Å². The summed E-state index contributed by atoms with van der Waals surface area (Å²) in [6, 6.07) is 9.96. The van der Waals surface area contributed by atoms with Crippen LogP contribution in [0.2, 0.25) is 0 Å². The van der Waals surface area contributed by atoms with Gasteiger partial charge < -0.3 is 20.6 Å². The van der Waals surface area contributed by atoms with E-state index >= 15 is 0 Å². The minimum atomic E-state index is -0.160. The van der Waals surface area contributed by atoms with Crippen molar-refractivity contribution in [1.82, 2.24) is 49.6 Å². The summed E-state index contributed by atoms with van der Waals surface area (Å²) in [5.74, 6) is 0.171. The van der Waals surface area contributed by atoms with Gasteiger partial charge in [-0.3, -0.25) is 14.6 Å². The monoisotopic (exact) mass is 573 g/mol. The predicted octanol–water partition coefficient (Wildman–Crippen LogP) is 3.79. The largest absolute Gasteiger partial charge is 0.383 e. The highest BCUT2D eigenvalue weighted by Gasteiger charge is 2.45. The number of rotatable bonds is 5. The SMILES string of the molecule is CC(=O)c1c([C@@H]2C[C@H]3CC[C@@H](C2)N3C(=O)c2nnc[nH]2)nc2c(-c3ccc(-c4ccc5nc[nH]c5c4)nc3)cnn2c1N. The second kappa shape index (κ2) is 9.54. The molecule has 13 heteroatoms. The molecule has 3 atom stereocenters. The fraction of sp³-hybridized carbons (Fsp3) is 0.267. The van der Waals surface area contributed by atoms with Gasteiger partial charge >= 0.3 is 0 Å². The number of benzene rings is 1. The molecule has 8 rings (SSSR count). The van der Waals surface area contributed by atoms with Gasteiger partial charge in [0, 0.05) is 40.9 Å². The van der Waals surface area contributed by atoms with Gasteiger partial charge in [-0.15, -0.1) is 10.2 Å². The molecule has 2 aliphatic rings. The average Bonchev–Trinajstić information content (AvgIpc) is 3.83.